The van der Waals surface area contributed by atoms with E-state index in [-0.39, 0.29) is 33.9 Å². The molecule has 0 N–H and O–H groups in total. The minimum atomic E-state index is -1.09. The van der Waals surface area contributed by atoms with Crippen LogP contribution >= 0.6 is 11.6 Å². The lowest BCUT2D eigenvalue weighted by molar-refractivity contribution is -0.142. The van der Waals surface area contributed by atoms with E-state index >= 15 is 0 Å². The zero-order chi connectivity index (χ0) is 21.1. The summed E-state index contributed by atoms with van der Waals surface area (Å²) in [5.74, 6) is -2.41. The third-order valence-electron chi connectivity index (χ3n) is 4.47. The second-order valence-corrected chi connectivity index (χ2v) is 6.62. The molecule has 0 amide bonds. The Kier molecular flexibility index (Phi) is 5.98. The highest BCUT2D eigenvalue weighted by molar-refractivity contribution is 6.32. The van der Waals surface area contributed by atoms with E-state index in [1.807, 2.05) is 0 Å². The molecule has 1 unspecified atom stereocenters. The number of ketones is 1. The largest absolute Gasteiger partial charge is 0.495 e. The number of rotatable bonds is 6. The van der Waals surface area contributed by atoms with Crippen molar-refractivity contribution < 1.29 is 27.9 Å². The number of carbonyl (C=O) groups excluding carboxylic acids is 2. The summed E-state index contributed by atoms with van der Waals surface area (Å²) in [5.41, 5.74) is -0.0905. The maximum absolute atomic E-state index is 13.1. The predicted octanol–water partition coefficient (Wildman–Crippen LogP) is 4.12. The summed E-state index contributed by atoms with van der Waals surface area (Å²) in [6.45, 7) is 0. The van der Waals surface area contributed by atoms with Crippen LogP contribution in [0.2, 0.25) is 5.02 Å². The number of halogens is 2. The maximum Gasteiger partial charge on any atom is 0.336 e. The van der Waals surface area contributed by atoms with Gasteiger partial charge in [0.25, 0.3) is 0 Å². The van der Waals surface area contributed by atoms with Crippen molar-refractivity contribution in [2.45, 2.75) is 12.3 Å². The van der Waals surface area contributed by atoms with Crippen molar-refractivity contribution in [2.24, 2.45) is 0 Å². The number of carbonyl (C=O) groups is 2. The minimum Gasteiger partial charge on any atom is -0.495 e. The van der Waals surface area contributed by atoms with E-state index in [9.17, 15) is 18.8 Å². The van der Waals surface area contributed by atoms with Gasteiger partial charge in [-0.1, -0.05) is 11.6 Å². The van der Waals surface area contributed by atoms with Crippen LogP contribution in [0.25, 0.3) is 11.0 Å². The fraction of sp³-hybridized carbons (Fsp3) is 0.190. The minimum absolute atomic E-state index is 0.150. The first-order valence-corrected chi connectivity index (χ1v) is 8.89. The van der Waals surface area contributed by atoms with Crippen molar-refractivity contribution in [1.82, 2.24) is 0 Å². The topological polar surface area (TPSA) is 82.8 Å². The number of fused-ring (bicyclic) bond motifs is 1. The van der Waals surface area contributed by atoms with Gasteiger partial charge in [-0.2, -0.15) is 0 Å². The standard InChI is InChI=1S/C21H16ClFO6/c1-27-19-10-18-14(7-16(19)22)13(9-20(25)29-18)15(21(26)28-2)8-17(24)11-3-5-12(23)6-4-11/h3-7,9-10,15H,8H2,1-2H3. The van der Waals surface area contributed by atoms with Crippen molar-refractivity contribution in [3.05, 3.63) is 74.9 Å². The second-order valence-electron chi connectivity index (χ2n) is 6.21. The number of benzene rings is 2. The van der Waals surface area contributed by atoms with Crippen LogP contribution in [-0.4, -0.2) is 26.0 Å². The lowest BCUT2D eigenvalue weighted by atomic mass is 9.89. The van der Waals surface area contributed by atoms with Crippen LogP contribution in [0.1, 0.15) is 28.3 Å². The highest BCUT2D eigenvalue weighted by atomic mass is 35.5. The molecule has 0 fully saturated rings. The van der Waals surface area contributed by atoms with Crippen molar-refractivity contribution in [3.8, 4) is 5.75 Å². The number of Topliss-reactive ketones (excluding diaryl/α,β-unsaturated/α-hetero) is 1. The average Bonchev–Trinajstić information content (AvgIpc) is 2.71. The zero-order valence-corrected chi connectivity index (χ0v) is 16.3. The van der Waals surface area contributed by atoms with Crippen LogP contribution in [0, 0.1) is 5.82 Å². The van der Waals surface area contributed by atoms with E-state index < -0.39 is 29.1 Å². The smallest absolute Gasteiger partial charge is 0.336 e. The summed E-state index contributed by atoms with van der Waals surface area (Å²) in [6.07, 6.45) is -0.291. The number of hydrogen-bond donors (Lipinski definition) is 0. The van der Waals surface area contributed by atoms with Crippen molar-refractivity contribution in [3.63, 3.8) is 0 Å². The normalized spacial score (nSPS) is 11.9. The van der Waals surface area contributed by atoms with Gasteiger partial charge in [0.15, 0.2) is 5.78 Å². The SMILES string of the molecule is COC(=O)C(CC(=O)c1ccc(F)cc1)c1cc(=O)oc2cc(OC)c(Cl)cc12. The molecule has 0 aliphatic rings. The third kappa shape index (κ3) is 4.30. The fourth-order valence-electron chi connectivity index (χ4n) is 3.03. The quantitative estimate of drug-likeness (QED) is 0.340. The van der Waals surface area contributed by atoms with Gasteiger partial charge in [0.1, 0.15) is 17.1 Å². The van der Waals surface area contributed by atoms with Gasteiger partial charge in [-0.25, -0.2) is 9.18 Å². The maximum atomic E-state index is 13.1. The van der Waals surface area contributed by atoms with Crippen LogP contribution in [0.3, 0.4) is 0 Å². The molecule has 0 aliphatic heterocycles. The van der Waals surface area contributed by atoms with E-state index in [4.69, 9.17) is 25.5 Å². The Morgan fingerprint density at radius 3 is 2.45 bits per heavy atom. The number of ether oxygens (including phenoxy) is 2. The summed E-state index contributed by atoms with van der Waals surface area (Å²) < 4.78 is 28.3. The Bertz CT molecular complexity index is 1140. The Balaban J connectivity index is 2.11. The van der Waals surface area contributed by atoms with Crippen LogP contribution in [0.15, 0.2) is 51.7 Å². The molecule has 6 nitrogen and oxygen atoms in total. The number of methoxy groups -OCH3 is 2. The number of hydrogen-bond acceptors (Lipinski definition) is 6. The second kappa shape index (κ2) is 8.45. The van der Waals surface area contributed by atoms with Gasteiger partial charge in [0.05, 0.1) is 25.2 Å². The van der Waals surface area contributed by atoms with Gasteiger partial charge >= 0.3 is 11.6 Å². The average molecular weight is 419 g/mol. The number of esters is 1. The molecule has 3 aromatic rings. The summed E-state index contributed by atoms with van der Waals surface area (Å²) in [5, 5.41) is 0.612. The van der Waals surface area contributed by atoms with E-state index in [1.165, 1.54) is 38.5 Å². The molecule has 29 heavy (non-hydrogen) atoms. The first kappa shape index (κ1) is 20.5. The van der Waals surface area contributed by atoms with Crippen LogP contribution in [0.5, 0.6) is 5.75 Å². The van der Waals surface area contributed by atoms with Gasteiger partial charge in [-0.05, 0) is 35.9 Å². The molecule has 0 spiro atoms. The molecule has 0 bridgehead atoms. The predicted molar refractivity (Wildman–Crippen MR) is 104 cm³/mol. The Morgan fingerprint density at radius 2 is 1.83 bits per heavy atom. The summed E-state index contributed by atoms with van der Waals surface area (Å²) in [7, 11) is 2.59. The summed E-state index contributed by atoms with van der Waals surface area (Å²) in [4.78, 5) is 37.2. The van der Waals surface area contributed by atoms with Gasteiger partial charge < -0.3 is 13.9 Å². The molecule has 1 aromatic heterocycles. The third-order valence-corrected chi connectivity index (χ3v) is 4.76. The highest BCUT2D eigenvalue weighted by Crippen LogP contribution is 2.35. The fourth-order valence-corrected chi connectivity index (χ4v) is 3.27. The molecule has 1 heterocycles. The molecular formula is C21H16ClFO6. The molecule has 0 saturated heterocycles. The molecule has 3 rings (SSSR count). The van der Waals surface area contributed by atoms with Gasteiger partial charge in [0.2, 0.25) is 0 Å². The molecule has 0 aliphatic carbocycles. The van der Waals surface area contributed by atoms with E-state index in [0.717, 1.165) is 18.2 Å². The lowest BCUT2D eigenvalue weighted by Crippen LogP contribution is -2.20. The van der Waals surface area contributed by atoms with Crippen molar-refractivity contribution in [2.75, 3.05) is 14.2 Å². The van der Waals surface area contributed by atoms with Gasteiger partial charge in [-0.3, -0.25) is 9.59 Å². The van der Waals surface area contributed by atoms with Gasteiger partial charge in [-0.15, -0.1) is 0 Å². The van der Waals surface area contributed by atoms with Crippen LogP contribution in [0.4, 0.5) is 4.39 Å². The monoisotopic (exact) mass is 418 g/mol. The molecule has 2 aromatic carbocycles. The van der Waals surface area contributed by atoms with Crippen LogP contribution in [-0.2, 0) is 9.53 Å². The molecule has 0 saturated carbocycles. The Labute approximate surface area is 169 Å². The molecule has 1 atom stereocenters. The molecular weight excluding hydrogens is 403 g/mol. The van der Waals surface area contributed by atoms with E-state index in [1.54, 1.807) is 0 Å². The summed E-state index contributed by atoms with van der Waals surface area (Å²) >= 11 is 6.19. The van der Waals surface area contributed by atoms with Crippen molar-refractivity contribution in [1.29, 1.82) is 0 Å². The molecule has 0 radical (unpaired) electrons. The zero-order valence-electron chi connectivity index (χ0n) is 15.5. The Hall–Kier alpha value is -3.19. The van der Waals surface area contributed by atoms with E-state index in [2.05, 4.69) is 0 Å². The molecule has 150 valence electrons. The highest BCUT2D eigenvalue weighted by Gasteiger charge is 2.28. The van der Waals surface area contributed by atoms with Gasteiger partial charge in [0, 0.05) is 29.5 Å². The first-order chi connectivity index (χ1) is 13.8. The molecule has 8 heteroatoms. The summed E-state index contributed by atoms with van der Waals surface area (Å²) in [6, 6.07) is 9.00. The first-order valence-electron chi connectivity index (χ1n) is 8.52. The van der Waals surface area contributed by atoms with E-state index in [0.29, 0.717) is 5.39 Å². The Morgan fingerprint density at radius 1 is 1.14 bits per heavy atom. The van der Waals surface area contributed by atoms with Crippen LogP contribution < -0.4 is 10.4 Å². The van der Waals surface area contributed by atoms with Crippen molar-refractivity contribution >= 4 is 34.3 Å². The lowest BCUT2D eigenvalue weighted by Gasteiger charge is -2.16.